The molecule has 4 atom stereocenters. The molecule has 0 radical (unpaired) electrons. The number of hydroxylamine groups is 2. The molecular formula is C16H22Cl3NO2. The molecule has 0 aromatic carbocycles. The number of nitrogens with zero attached hydrogens (tertiary/aromatic N) is 1. The van der Waals surface area contributed by atoms with Gasteiger partial charge in [-0.15, -0.1) is 0 Å². The van der Waals surface area contributed by atoms with E-state index in [0.717, 1.165) is 38.4 Å². The summed E-state index contributed by atoms with van der Waals surface area (Å²) in [6.07, 6.45) is 13.0. The summed E-state index contributed by atoms with van der Waals surface area (Å²) in [4.78, 5) is 17.2. The van der Waals surface area contributed by atoms with Crippen molar-refractivity contribution in [1.82, 2.24) is 5.06 Å². The number of aldehydes is 1. The lowest BCUT2D eigenvalue weighted by Gasteiger charge is -2.47. The first-order valence-electron chi connectivity index (χ1n) is 8.09. The minimum absolute atomic E-state index is 0.0406. The maximum Gasteiger partial charge on any atom is 0.194 e. The zero-order valence-electron chi connectivity index (χ0n) is 12.5. The van der Waals surface area contributed by atoms with E-state index < -0.39 is 3.79 Å². The van der Waals surface area contributed by atoms with Crippen molar-refractivity contribution < 1.29 is 9.63 Å². The average molecular weight is 367 g/mol. The van der Waals surface area contributed by atoms with Gasteiger partial charge in [0.1, 0.15) is 6.29 Å². The minimum Gasteiger partial charge on any atom is -0.303 e. The van der Waals surface area contributed by atoms with Gasteiger partial charge in [0, 0.05) is 24.8 Å². The SMILES string of the molecule is O=CC[C@@H]1CCC[C@]23CCC[C@H](ON12)[C@H]3/C=C\CC(Cl)(Cl)Cl. The fraction of sp³-hybridized carbons (Fsp3) is 0.812. The van der Waals surface area contributed by atoms with E-state index in [9.17, 15) is 4.79 Å². The molecule has 3 aliphatic rings. The molecule has 6 heteroatoms. The van der Waals surface area contributed by atoms with Crippen molar-refractivity contribution in [1.29, 1.82) is 0 Å². The number of hydrogen-bond acceptors (Lipinski definition) is 3. The molecule has 3 fully saturated rings. The zero-order valence-corrected chi connectivity index (χ0v) is 14.8. The molecule has 0 N–H and O–H groups in total. The third-order valence-electron chi connectivity index (χ3n) is 5.35. The first kappa shape index (κ1) is 17.0. The van der Waals surface area contributed by atoms with Crippen molar-refractivity contribution >= 4 is 41.1 Å². The largest absolute Gasteiger partial charge is 0.303 e. The summed E-state index contributed by atoms with van der Waals surface area (Å²) in [6.45, 7) is 0. The van der Waals surface area contributed by atoms with Crippen molar-refractivity contribution in [2.24, 2.45) is 5.92 Å². The fourth-order valence-electron chi connectivity index (χ4n) is 4.52. The smallest absolute Gasteiger partial charge is 0.194 e. The monoisotopic (exact) mass is 365 g/mol. The van der Waals surface area contributed by atoms with E-state index in [1.807, 2.05) is 6.08 Å². The Morgan fingerprint density at radius 1 is 1.23 bits per heavy atom. The Kier molecular flexibility index (Phi) is 5.11. The van der Waals surface area contributed by atoms with E-state index in [0.29, 0.717) is 18.8 Å². The molecule has 1 aliphatic carbocycles. The quantitative estimate of drug-likeness (QED) is 0.414. The number of alkyl halides is 3. The van der Waals surface area contributed by atoms with E-state index in [1.54, 1.807) is 0 Å². The van der Waals surface area contributed by atoms with Crippen LogP contribution in [0.3, 0.4) is 0 Å². The van der Waals surface area contributed by atoms with Gasteiger partial charge in [-0.2, -0.15) is 5.06 Å². The molecule has 0 amide bonds. The van der Waals surface area contributed by atoms with Crippen LogP contribution in [-0.4, -0.2) is 32.8 Å². The van der Waals surface area contributed by atoms with Crippen LogP contribution < -0.4 is 0 Å². The number of allylic oxidation sites excluding steroid dienone is 1. The van der Waals surface area contributed by atoms with Gasteiger partial charge in [0.25, 0.3) is 0 Å². The molecule has 22 heavy (non-hydrogen) atoms. The minimum atomic E-state index is -1.24. The standard InChI is InChI=1S/C16H22Cl3NO2/c17-16(18,19)10-2-5-13-14-6-3-9-15(13)8-1-4-12(7-11-21)20(15)22-14/h2,5,11-14H,1,3-4,6-10H2/b5-2-/t12-,13+,14-,15+/m0/s1. The topological polar surface area (TPSA) is 29.5 Å². The van der Waals surface area contributed by atoms with Gasteiger partial charge in [-0.1, -0.05) is 47.0 Å². The van der Waals surface area contributed by atoms with Crippen LogP contribution in [0.2, 0.25) is 0 Å². The summed E-state index contributed by atoms with van der Waals surface area (Å²) >= 11 is 17.5. The number of hydrogen-bond donors (Lipinski definition) is 0. The number of carbonyl (C=O) groups excluding carboxylic acids is 1. The van der Waals surface area contributed by atoms with Crippen LogP contribution in [0.4, 0.5) is 0 Å². The molecule has 2 bridgehead atoms. The van der Waals surface area contributed by atoms with Crippen molar-refractivity contribution in [3.8, 4) is 0 Å². The molecule has 3 nitrogen and oxygen atoms in total. The third kappa shape index (κ3) is 3.21. The lowest BCUT2D eigenvalue weighted by molar-refractivity contribution is -0.221. The van der Waals surface area contributed by atoms with Gasteiger partial charge in [-0.25, -0.2) is 0 Å². The highest BCUT2D eigenvalue weighted by atomic mass is 35.6. The lowest BCUT2D eigenvalue weighted by atomic mass is 9.67. The highest BCUT2D eigenvalue weighted by Gasteiger charge is 2.58. The predicted molar refractivity (Wildman–Crippen MR) is 89.2 cm³/mol. The molecule has 2 heterocycles. The maximum atomic E-state index is 11.0. The number of halogens is 3. The number of piperidine rings is 1. The number of fused-ring (bicyclic) bond motifs is 1. The molecule has 2 saturated heterocycles. The predicted octanol–water partition coefficient (Wildman–Crippen LogP) is 4.60. The Hall–Kier alpha value is 0.200. The Morgan fingerprint density at radius 2 is 1.95 bits per heavy atom. The van der Waals surface area contributed by atoms with Crippen molar-refractivity contribution in [2.45, 2.75) is 72.8 Å². The Balaban J connectivity index is 1.81. The molecule has 1 saturated carbocycles. The van der Waals surface area contributed by atoms with Gasteiger partial charge < -0.3 is 4.79 Å². The summed E-state index contributed by atoms with van der Waals surface area (Å²) in [5, 5.41) is 2.17. The molecule has 0 unspecified atom stereocenters. The summed E-state index contributed by atoms with van der Waals surface area (Å²) < 4.78 is -1.24. The van der Waals surface area contributed by atoms with Gasteiger partial charge >= 0.3 is 0 Å². The summed E-state index contributed by atoms with van der Waals surface area (Å²) in [7, 11) is 0. The summed E-state index contributed by atoms with van der Waals surface area (Å²) in [6, 6.07) is 0.221. The molecule has 3 rings (SSSR count). The zero-order chi connectivity index (χ0) is 15.8. The molecule has 0 aromatic heterocycles. The number of carbonyl (C=O) groups is 1. The summed E-state index contributed by atoms with van der Waals surface area (Å²) in [5.74, 6) is 0.336. The van der Waals surface area contributed by atoms with Gasteiger partial charge in [0.05, 0.1) is 11.6 Å². The van der Waals surface area contributed by atoms with E-state index in [-0.39, 0.29) is 17.7 Å². The highest BCUT2D eigenvalue weighted by molar-refractivity contribution is 6.67. The Bertz CT molecular complexity index is 447. The van der Waals surface area contributed by atoms with Crippen molar-refractivity contribution in [3.05, 3.63) is 12.2 Å². The van der Waals surface area contributed by atoms with Crippen LogP contribution in [0.25, 0.3) is 0 Å². The van der Waals surface area contributed by atoms with Crippen molar-refractivity contribution in [2.75, 3.05) is 0 Å². The normalized spacial score (nSPS) is 39.1. The summed E-state index contributed by atoms with van der Waals surface area (Å²) in [5.41, 5.74) is 0.0406. The van der Waals surface area contributed by atoms with Crippen LogP contribution in [0.1, 0.15) is 51.4 Å². The first-order valence-corrected chi connectivity index (χ1v) is 9.23. The van der Waals surface area contributed by atoms with Crippen LogP contribution in [-0.2, 0) is 9.63 Å². The van der Waals surface area contributed by atoms with Crippen LogP contribution in [0.5, 0.6) is 0 Å². The van der Waals surface area contributed by atoms with Crippen LogP contribution in [0, 0.1) is 5.92 Å². The van der Waals surface area contributed by atoms with E-state index >= 15 is 0 Å². The second-order valence-electron chi connectivity index (χ2n) is 6.69. The molecule has 2 aliphatic heterocycles. The van der Waals surface area contributed by atoms with Gasteiger partial charge in [-0.3, -0.25) is 4.84 Å². The number of rotatable bonds is 4. The molecule has 124 valence electrons. The highest BCUT2D eigenvalue weighted by Crippen LogP contribution is 2.53. The van der Waals surface area contributed by atoms with E-state index in [4.69, 9.17) is 39.6 Å². The molecular weight excluding hydrogens is 345 g/mol. The van der Waals surface area contributed by atoms with E-state index in [2.05, 4.69) is 11.1 Å². The average Bonchev–Trinajstić information content (AvgIpc) is 2.62. The maximum absolute atomic E-state index is 11.0. The molecule has 1 spiro atoms. The Labute approximate surface area is 146 Å². The second kappa shape index (κ2) is 6.60. The van der Waals surface area contributed by atoms with Crippen LogP contribution >= 0.6 is 34.8 Å². The van der Waals surface area contributed by atoms with Gasteiger partial charge in [0.2, 0.25) is 0 Å². The lowest BCUT2D eigenvalue weighted by Crippen LogP contribution is -2.55. The fourth-order valence-corrected chi connectivity index (χ4v) is 4.78. The first-order chi connectivity index (χ1) is 10.5. The van der Waals surface area contributed by atoms with Crippen molar-refractivity contribution in [3.63, 3.8) is 0 Å². The van der Waals surface area contributed by atoms with Crippen LogP contribution in [0.15, 0.2) is 12.2 Å². The Morgan fingerprint density at radius 3 is 2.64 bits per heavy atom. The third-order valence-corrected chi connectivity index (χ3v) is 5.81. The van der Waals surface area contributed by atoms with Gasteiger partial charge in [-0.05, 0) is 38.5 Å². The second-order valence-corrected chi connectivity index (χ2v) is 9.20. The van der Waals surface area contributed by atoms with E-state index in [1.165, 1.54) is 6.42 Å². The molecule has 0 aromatic rings. The van der Waals surface area contributed by atoms with Gasteiger partial charge in [0.15, 0.2) is 3.79 Å².